The van der Waals surface area contributed by atoms with Gasteiger partial charge in [-0.1, -0.05) is 6.92 Å². The lowest BCUT2D eigenvalue weighted by atomic mass is 9.77. The summed E-state index contributed by atoms with van der Waals surface area (Å²) in [5.74, 6) is -0.733. The van der Waals surface area contributed by atoms with Crippen LogP contribution in [0.25, 0.3) is 0 Å². The summed E-state index contributed by atoms with van der Waals surface area (Å²) in [5, 5.41) is 9.10. The molecule has 1 saturated carbocycles. The van der Waals surface area contributed by atoms with Gasteiger partial charge in [0.25, 0.3) is 0 Å². The van der Waals surface area contributed by atoms with Gasteiger partial charge in [-0.05, 0) is 52.4 Å². The van der Waals surface area contributed by atoms with Gasteiger partial charge >= 0.3 is 5.97 Å². The molecule has 4 heteroatoms. The number of hydrogen-bond acceptors (Lipinski definition) is 3. The van der Waals surface area contributed by atoms with Crippen molar-refractivity contribution in [2.24, 2.45) is 5.92 Å². The molecule has 4 nitrogen and oxygen atoms in total. The lowest BCUT2D eigenvalue weighted by molar-refractivity contribution is -0.149. The van der Waals surface area contributed by atoms with Gasteiger partial charge in [0.15, 0.2) is 0 Å². The van der Waals surface area contributed by atoms with Gasteiger partial charge in [0.1, 0.15) is 0 Å². The Labute approximate surface area is 104 Å². The van der Waals surface area contributed by atoms with Crippen molar-refractivity contribution in [1.29, 1.82) is 0 Å². The second-order valence-electron chi connectivity index (χ2n) is 5.42. The highest BCUT2D eigenvalue weighted by atomic mass is 16.4. The molecule has 0 amide bonds. The van der Waals surface area contributed by atoms with E-state index in [2.05, 4.69) is 23.8 Å². The van der Waals surface area contributed by atoms with Crippen LogP contribution < -0.4 is 0 Å². The molecule has 1 saturated heterocycles. The van der Waals surface area contributed by atoms with Gasteiger partial charge in [-0.15, -0.1) is 0 Å². The summed E-state index contributed by atoms with van der Waals surface area (Å²) in [6.45, 7) is 5.67. The minimum absolute atomic E-state index is 0.121. The van der Waals surface area contributed by atoms with Crippen LogP contribution in [0.2, 0.25) is 0 Å². The number of carbonyl (C=O) groups is 1. The van der Waals surface area contributed by atoms with E-state index in [0.717, 1.165) is 32.5 Å². The molecule has 1 aliphatic heterocycles. The van der Waals surface area contributed by atoms with Crippen LogP contribution in [0.1, 0.15) is 32.6 Å². The molecule has 2 atom stereocenters. The van der Waals surface area contributed by atoms with Crippen molar-refractivity contribution in [3.8, 4) is 0 Å². The van der Waals surface area contributed by atoms with Crippen LogP contribution in [0.4, 0.5) is 0 Å². The second-order valence-corrected chi connectivity index (χ2v) is 5.42. The first kappa shape index (κ1) is 12.8. The summed E-state index contributed by atoms with van der Waals surface area (Å²) < 4.78 is 0. The maximum absolute atomic E-state index is 11.0. The lowest BCUT2D eigenvalue weighted by Crippen LogP contribution is -2.54. The zero-order valence-corrected chi connectivity index (χ0v) is 10.9. The van der Waals surface area contributed by atoms with Crippen molar-refractivity contribution in [3.05, 3.63) is 0 Å². The van der Waals surface area contributed by atoms with E-state index in [4.69, 9.17) is 5.11 Å². The maximum atomic E-state index is 11.0. The Morgan fingerprint density at radius 2 is 1.94 bits per heavy atom. The number of hydrogen-bond donors (Lipinski definition) is 1. The molecule has 1 N–H and O–H groups in total. The lowest BCUT2D eigenvalue weighted by Gasteiger charge is -2.46. The molecule has 1 heterocycles. The van der Waals surface area contributed by atoms with Crippen molar-refractivity contribution in [2.75, 3.05) is 26.7 Å². The Morgan fingerprint density at radius 3 is 2.35 bits per heavy atom. The molecule has 1 aliphatic carbocycles. The fourth-order valence-corrected chi connectivity index (χ4v) is 3.17. The summed E-state index contributed by atoms with van der Waals surface area (Å²) in [6, 6.07) is 0.871. The van der Waals surface area contributed by atoms with E-state index in [0.29, 0.717) is 6.04 Å². The minimum Gasteiger partial charge on any atom is -0.481 e. The van der Waals surface area contributed by atoms with Crippen LogP contribution in [0, 0.1) is 5.92 Å². The van der Waals surface area contributed by atoms with E-state index in [1.54, 1.807) is 0 Å². The van der Waals surface area contributed by atoms with E-state index in [9.17, 15) is 4.79 Å². The van der Waals surface area contributed by atoms with Gasteiger partial charge in [0.2, 0.25) is 0 Å². The monoisotopic (exact) mass is 240 g/mol. The molecule has 0 bridgehead atoms. The molecule has 0 spiro atoms. The third-order valence-electron chi connectivity index (χ3n) is 4.66. The molecule has 2 aliphatic rings. The molecule has 0 aromatic carbocycles. The average Bonchev–Trinajstić information content (AvgIpc) is 2.27. The van der Waals surface area contributed by atoms with E-state index < -0.39 is 5.97 Å². The Hall–Kier alpha value is -0.610. The molecular formula is C13H24N2O2. The van der Waals surface area contributed by atoms with Crippen molar-refractivity contribution < 1.29 is 9.90 Å². The second kappa shape index (κ2) is 5.36. The number of rotatable bonds is 4. The highest BCUT2D eigenvalue weighted by Gasteiger charge is 2.41. The first-order valence-electron chi connectivity index (χ1n) is 6.80. The summed E-state index contributed by atoms with van der Waals surface area (Å²) >= 11 is 0. The Balaban J connectivity index is 1.84. The Morgan fingerprint density at radius 1 is 1.29 bits per heavy atom. The zero-order valence-electron chi connectivity index (χ0n) is 10.9. The Kier molecular flexibility index (Phi) is 4.05. The highest BCUT2D eigenvalue weighted by molar-refractivity contribution is 5.72. The molecular weight excluding hydrogens is 216 g/mol. The van der Waals surface area contributed by atoms with Gasteiger partial charge in [0, 0.05) is 12.1 Å². The zero-order chi connectivity index (χ0) is 12.4. The standard InChI is InChI=1S/C13H24N2O2/c1-3-15-8-6-10(7-9-15)14(2)12-5-4-11(12)13(16)17/h10-12H,3-9H2,1-2H3,(H,16,17). The van der Waals surface area contributed by atoms with Crippen molar-refractivity contribution in [2.45, 2.75) is 44.7 Å². The van der Waals surface area contributed by atoms with Gasteiger partial charge in [-0.25, -0.2) is 0 Å². The number of likely N-dealkylation sites (tertiary alicyclic amines) is 1. The van der Waals surface area contributed by atoms with Crippen molar-refractivity contribution in [3.63, 3.8) is 0 Å². The SMILES string of the molecule is CCN1CCC(N(C)C2CCC2C(=O)O)CC1. The maximum Gasteiger partial charge on any atom is 0.308 e. The third kappa shape index (κ3) is 2.63. The fraction of sp³-hybridized carbons (Fsp3) is 0.923. The smallest absolute Gasteiger partial charge is 0.308 e. The first-order valence-corrected chi connectivity index (χ1v) is 6.80. The molecule has 98 valence electrons. The molecule has 17 heavy (non-hydrogen) atoms. The highest BCUT2D eigenvalue weighted by Crippen LogP contribution is 2.34. The molecule has 0 aromatic rings. The van der Waals surface area contributed by atoms with E-state index in [1.165, 1.54) is 12.8 Å². The Bertz CT molecular complexity index is 275. The van der Waals surface area contributed by atoms with Gasteiger partial charge in [-0.3, -0.25) is 9.69 Å². The molecule has 2 unspecified atom stereocenters. The molecule has 2 rings (SSSR count). The number of aliphatic carboxylic acids is 1. The molecule has 2 fully saturated rings. The minimum atomic E-state index is -0.612. The van der Waals surface area contributed by atoms with Gasteiger partial charge in [-0.2, -0.15) is 0 Å². The normalized spacial score (nSPS) is 31.5. The van der Waals surface area contributed by atoms with Crippen LogP contribution in [-0.4, -0.2) is 59.6 Å². The van der Waals surface area contributed by atoms with E-state index in [1.807, 2.05) is 0 Å². The quantitative estimate of drug-likeness (QED) is 0.803. The van der Waals surface area contributed by atoms with Crippen molar-refractivity contribution >= 4 is 5.97 Å². The number of piperidine rings is 1. The van der Waals surface area contributed by atoms with E-state index in [-0.39, 0.29) is 12.0 Å². The van der Waals surface area contributed by atoms with Crippen LogP contribution >= 0.6 is 0 Å². The topological polar surface area (TPSA) is 43.8 Å². The van der Waals surface area contributed by atoms with E-state index >= 15 is 0 Å². The summed E-state index contributed by atoms with van der Waals surface area (Å²) in [4.78, 5) is 15.9. The van der Waals surface area contributed by atoms with Crippen LogP contribution in [-0.2, 0) is 4.79 Å². The summed E-state index contributed by atoms with van der Waals surface area (Å²) in [5.41, 5.74) is 0. The first-order chi connectivity index (χ1) is 8.13. The number of carboxylic acids is 1. The number of carboxylic acid groups (broad SMARTS) is 1. The predicted molar refractivity (Wildman–Crippen MR) is 67.0 cm³/mol. The summed E-state index contributed by atoms with van der Waals surface area (Å²) in [6.07, 6.45) is 4.29. The van der Waals surface area contributed by atoms with Crippen LogP contribution in [0.15, 0.2) is 0 Å². The van der Waals surface area contributed by atoms with Crippen LogP contribution in [0.5, 0.6) is 0 Å². The predicted octanol–water partition coefficient (Wildman–Crippen LogP) is 1.27. The summed E-state index contributed by atoms with van der Waals surface area (Å²) in [7, 11) is 2.12. The molecule has 0 radical (unpaired) electrons. The number of nitrogens with zero attached hydrogens (tertiary/aromatic N) is 2. The average molecular weight is 240 g/mol. The van der Waals surface area contributed by atoms with Gasteiger partial charge in [0.05, 0.1) is 5.92 Å². The largest absolute Gasteiger partial charge is 0.481 e. The van der Waals surface area contributed by atoms with Gasteiger partial charge < -0.3 is 10.0 Å². The van der Waals surface area contributed by atoms with Crippen molar-refractivity contribution in [1.82, 2.24) is 9.80 Å². The fourth-order valence-electron chi connectivity index (χ4n) is 3.17. The third-order valence-corrected chi connectivity index (χ3v) is 4.66. The van der Waals surface area contributed by atoms with Crippen LogP contribution in [0.3, 0.4) is 0 Å². The molecule has 0 aromatic heterocycles.